The maximum atomic E-state index is 13.1. The fourth-order valence-electron chi connectivity index (χ4n) is 3.68. The van der Waals surface area contributed by atoms with E-state index in [1.54, 1.807) is 0 Å². The van der Waals surface area contributed by atoms with E-state index in [0.717, 1.165) is 32.8 Å². The molecule has 5 rings (SSSR count). The molecular formula is C22H23F2N3OS. The summed E-state index contributed by atoms with van der Waals surface area (Å²) in [5.41, 5.74) is 3.63. The van der Waals surface area contributed by atoms with Crippen LogP contribution in [0, 0.1) is 12.8 Å². The lowest BCUT2D eigenvalue weighted by molar-refractivity contribution is -0.141. The van der Waals surface area contributed by atoms with Gasteiger partial charge in [0, 0.05) is 47.0 Å². The van der Waals surface area contributed by atoms with E-state index >= 15 is 0 Å². The lowest BCUT2D eigenvalue weighted by Gasteiger charge is -2.37. The third-order valence-corrected chi connectivity index (χ3v) is 6.24. The number of rotatable bonds is 3. The van der Waals surface area contributed by atoms with E-state index in [2.05, 4.69) is 4.98 Å². The number of hydrogen-bond donors (Lipinski definition) is 1. The van der Waals surface area contributed by atoms with E-state index in [1.807, 2.05) is 67.9 Å². The number of nitrogens with zero attached hydrogens (tertiary/aromatic N) is 3. The second-order valence-corrected chi connectivity index (χ2v) is 8.34. The number of fused-ring (bicyclic) bond motifs is 2. The summed E-state index contributed by atoms with van der Waals surface area (Å²) in [4.78, 5) is 10.6. The number of aryl methyl sites for hydroxylation is 1. The minimum Gasteiger partial charge on any atom is -0.387 e. The Hall–Kier alpha value is -2.38. The highest BCUT2D eigenvalue weighted by atomic mass is 32.1. The molecule has 0 bridgehead atoms. The summed E-state index contributed by atoms with van der Waals surface area (Å²) in [5, 5.41) is 11.3. The minimum absolute atomic E-state index is 0.245. The van der Waals surface area contributed by atoms with Gasteiger partial charge in [-0.2, -0.15) is 0 Å². The van der Waals surface area contributed by atoms with Gasteiger partial charge in [-0.1, -0.05) is 13.8 Å². The first-order valence-corrected chi connectivity index (χ1v) is 10.6. The van der Waals surface area contributed by atoms with Crippen molar-refractivity contribution in [2.75, 3.05) is 0 Å². The summed E-state index contributed by atoms with van der Waals surface area (Å²) in [6.45, 7) is 5.95. The predicted molar refractivity (Wildman–Crippen MR) is 113 cm³/mol. The molecule has 0 spiro atoms. The summed E-state index contributed by atoms with van der Waals surface area (Å²) in [6.07, 6.45) is 2.61. The zero-order valence-electron chi connectivity index (χ0n) is 16.6. The van der Waals surface area contributed by atoms with Gasteiger partial charge in [-0.3, -0.25) is 0 Å². The molecule has 1 aliphatic rings. The van der Waals surface area contributed by atoms with Crippen LogP contribution in [-0.4, -0.2) is 25.4 Å². The molecule has 7 heteroatoms. The molecule has 152 valence electrons. The van der Waals surface area contributed by atoms with E-state index in [-0.39, 0.29) is 18.8 Å². The molecule has 1 fully saturated rings. The van der Waals surface area contributed by atoms with Gasteiger partial charge < -0.3 is 9.51 Å². The molecular weight excluding hydrogens is 392 g/mol. The normalized spacial score (nSPS) is 17.0. The molecule has 0 aromatic carbocycles. The largest absolute Gasteiger partial charge is 0.387 e. The fourth-order valence-corrected chi connectivity index (χ4v) is 4.79. The Balaban J connectivity index is 0.000000994. The van der Waals surface area contributed by atoms with Gasteiger partial charge in [-0.25, -0.2) is 18.7 Å². The van der Waals surface area contributed by atoms with Crippen LogP contribution < -0.4 is 0 Å². The summed E-state index contributed by atoms with van der Waals surface area (Å²) >= 11 is 1.37. The first-order valence-electron chi connectivity index (χ1n) is 9.80. The smallest absolute Gasteiger partial charge is 0.248 e. The second kappa shape index (κ2) is 7.46. The standard InChI is InChI=1S/C20H17F2N3OS.C2H6/c1-11-9-25-10-13(3-5-17(25)23-11)15-4-2-12-6-16(27-19(12)24-15)18(26)14-7-20(21,22)8-14;1-2/h2-6,9-10,14,18,26H,7-8H2,1H3;1-2H3. The predicted octanol–water partition coefficient (Wildman–Crippen LogP) is 6.02. The van der Waals surface area contributed by atoms with Crippen molar-refractivity contribution in [2.24, 2.45) is 5.92 Å². The molecule has 0 aliphatic heterocycles. The lowest BCUT2D eigenvalue weighted by atomic mass is 9.77. The van der Waals surface area contributed by atoms with Crippen LogP contribution in [0.5, 0.6) is 0 Å². The quantitative estimate of drug-likeness (QED) is 0.445. The molecule has 4 aromatic rings. The Bertz CT molecular complexity index is 1160. The number of imidazole rings is 1. The van der Waals surface area contributed by atoms with Crippen molar-refractivity contribution in [1.29, 1.82) is 0 Å². The molecule has 0 radical (unpaired) electrons. The lowest BCUT2D eigenvalue weighted by Crippen LogP contribution is -2.38. The zero-order valence-corrected chi connectivity index (χ0v) is 17.4. The number of aliphatic hydroxyl groups excluding tert-OH is 1. The van der Waals surface area contributed by atoms with Gasteiger partial charge in [0.2, 0.25) is 5.92 Å². The van der Waals surface area contributed by atoms with Crippen molar-refractivity contribution >= 4 is 27.2 Å². The third kappa shape index (κ3) is 3.76. The van der Waals surface area contributed by atoms with Crippen LogP contribution in [0.3, 0.4) is 0 Å². The molecule has 1 unspecified atom stereocenters. The van der Waals surface area contributed by atoms with Crippen molar-refractivity contribution in [3.63, 3.8) is 0 Å². The van der Waals surface area contributed by atoms with Gasteiger partial charge in [-0.15, -0.1) is 11.3 Å². The van der Waals surface area contributed by atoms with Crippen LogP contribution in [-0.2, 0) is 0 Å². The molecule has 0 saturated heterocycles. The maximum absolute atomic E-state index is 13.1. The number of pyridine rings is 2. The Morgan fingerprint density at radius 2 is 1.90 bits per heavy atom. The topological polar surface area (TPSA) is 50.4 Å². The summed E-state index contributed by atoms with van der Waals surface area (Å²) < 4.78 is 28.2. The number of halogens is 2. The van der Waals surface area contributed by atoms with Crippen LogP contribution >= 0.6 is 11.3 Å². The van der Waals surface area contributed by atoms with Crippen LogP contribution in [0.25, 0.3) is 27.1 Å². The summed E-state index contributed by atoms with van der Waals surface area (Å²) in [6, 6.07) is 9.70. The summed E-state index contributed by atoms with van der Waals surface area (Å²) in [7, 11) is 0. The van der Waals surface area contributed by atoms with E-state index in [0.29, 0.717) is 4.88 Å². The highest BCUT2D eigenvalue weighted by Crippen LogP contribution is 2.49. The van der Waals surface area contributed by atoms with E-state index in [4.69, 9.17) is 4.98 Å². The van der Waals surface area contributed by atoms with Gasteiger partial charge in [0.15, 0.2) is 0 Å². The number of hydrogen-bond acceptors (Lipinski definition) is 4. The molecule has 1 saturated carbocycles. The average molecular weight is 416 g/mol. The van der Waals surface area contributed by atoms with Crippen LogP contribution in [0.2, 0.25) is 0 Å². The SMILES string of the molecule is CC.Cc1cn2cc(-c3ccc4cc(C(O)C5CC(F)(F)C5)sc4n3)ccc2n1. The Kier molecular flexibility index (Phi) is 5.12. The highest BCUT2D eigenvalue weighted by molar-refractivity contribution is 7.18. The number of aromatic nitrogens is 3. The van der Waals surface area contributed by atoms with Gasteiger partial charge >= 0.3 is 0 Å². The van der Waals surface area contributed by atoms with Crippen LogP contribution in [0.15, 0.2) is 42.7 Å². The van der Waals surface area contributed by atoms with Crippen molar-refractivity contribution in [3.8, 4) is 11.3 Å². The second-order valence-electron chi connectivity index (χ2n) is 7.27. The third-order valence-electron chi connectivity index (χ3n) is 5.13. The number of alkyl halides is 2. The minimum atomic E-state index is -2.63. The van der Waals surface area contributed by atoms with Crippen LogP contribution in [0.1, 0.15) is 43.4 Å². The van der Waals surface area contributed by atoms with E-state index in [9.17, 15) is 13.9 Å². The van der Waals surface area contributed by atoms with E-state index in [1.165, 1.54) is 11.3 Å². The first kappa shape index (κ1) is 19.9. The monoisotopic (exact) mass is 415 g/mol. The maximum Gasteiger partial charge on any atom is 0.248 e. The van der Waals surface area contributed by atoms with Crippen LogP contribution in [0.4, 0.5) is 8.78 Å². The van der Waals surface area contributed by atoms with E-state index < -0.39 is 12.0 Å². The fraction of sp³-hybridized carbons (Fsp3) is 0.364. The molecule has 1 atom stereocenters. The van der Waals surface area contributed by atoms with Crippen molar-refractivity contribution in [2.45, 2.75) is 45.6 Å². The molecule has 4 heterocycles. The molecule has 4 aromatic heterocycles. The molecule has 1 aliphatic carbocycles. The first-order chi connectivity index (χ1) is 13.9. The van der Waals surface area contributed by atoms with Crippen molar-refractivity contribution < 1.29 is 13.9 Å². The van der Waals surface area contributed by atoms with Crippen molar-refractivity contribution in [1.82, 2.24) is 14.4 Å². The van der Waals surface area contributed by atoms with Gasteiger partial charge in [-0.05, 0) is 37.3 Å². The molecule has 0 amide bonds. The Labute approximate surface area is 171 Å². The average Bonchev–Trinajstić information content (AvgIpc) is 3.28. The van der Waals surface area contributed by atoms with Crippen molar-refractivity contribution in [3.05, 3.63) is 53.3 Å². The summed E-state index contributed by atoms with van der Waals surface area (Å²) in [5.74, 6) is -3.00. The van der Waals surface area contributed by atoms with Gasteiger partial charge in [0.1, 0.15) is 10.5 Å². The number of aliphatic hydroxyl groups is 1. The number of thiophene rings is 1. The van der Waals surface area contributed by atoms with Gasteiger partial charge in [0.25, 0.3) is 0 Å². The zero-order chi connectivity index (χ0) is 20.8. The highest BCUT2D eigenvalue weighted by Gasteiger charge is 2.48. The molecule has 1 N–H and O–H groups in total. The Morgan fingerprint density at radius 1 is 1.14 bits per heavy atom. The molecule has 4 nitrogen and oxygen atoms in total. The van der Waals surface area contributed by atoms with Gasteiger partial charge in [0.05, 0.1) is 17.5 Å². The Morgan fingerprint density at radius 3 is 2.62 bits per heavy atom. The molecule has 29 heavy (non-hydrogen) atoms.